The van der Waals surface area contributed by atoms with Crippen molar-refractivity contribution < 1.29 is 4.79 Å². The number of nitrogens with zero attached hydrogens (tertiary/aromatic N) is 4. The van der Waals surface area contributed by atoms with Gasteiger partial charge in [0.15, 0.2) is 0 Å². The number of aryl methyl sites for hydroxylation is 1. The molecule has 2 unspecified atom stereocenters. The van der Waals surface area contributed by atoms with Crippen molar-refractivity contribution >= 4 is 22.8 Å². The Morgan fingerprint density at radius 1 is 1.18 bits per heavy atom. The Balaban J connectivity index is 1.43. The van der Waals surface area contributed by atoms with Crippen molar-refractivity contribution in [3.63, 3.8) is 0 Å². The molecule has 6 heteroatoms. The number of rotatable bonds is 4. The summed E-state index contributed by atoms with van der Waals surface area (Å²) >= 11 is 0. The number of H-pyrrole nitrogens is 1. The van der Waals surface area contributed by atoms with Gasteiger partial charge >= 0.3 is 0 Å². The highest BCUT2D eigenvalue weighted by atomic mass is 16.2. The Labute approximate surface area is 164 Å². The summed E-state index contributed by atoms with van der Waals surface area (Å²) in [4.78, 5) is 28.6. The Hall–Kier alpha value is -2.89. The quantitative estimate of drug-likeness (QED) is 0.762. The van der Waals surface area contributed by atoms with Gasteiger partial charge in [-0.3, -0.25) is 4.79 Å². The molecule has 0 bridgehead atoms. The molecule has 3 aromatic rings. The highest BCUT2D eigenvalue weighted by molar-refractivity contribution is 5.87. The molecule has 1 N–H and O–H groups in total. The normalized spacial score (nSPS) is 24.1. The molecule has 0 spiro atoms. The van der Waals surface area contributed by atoms with Crippen LogP contribution in [0.3, 0.4) is 0 Å². The third-order valence-corrected chi connectivity index (χ3v) is 6.59. The highest BCUT2D eigenvalue weighted by Crippen LogP contribution is 2.47. The van der Waals surface area contributed by atoms with E-state index in [-0.39, 0.29) is 11.3 Å². The number of nitrogens with one attached hydrogen (secondary N) is 1. The van der Waals surface area contributed by atoms with Gasteiger partial charge in [0.1, 0.15) is 17.8 Å². The second-order valence-electron chi connectivity index (χ2n) is 8.26. The third-order valence-electron chi connectivity index (χ3n) is 6.59. The first-order valence-electron chi connectivity index (χ1n) is 9.97. The van der Waals surface area contributed by atoms with Crippen LogP contribution in [0.15, 0.2) is 48.9 Å². The van der Waals surface area contributed by atoms with Gasteiger partial charge in [0.05, 0.1) is 5.39 Å². The van der Waals surface area contributed by atoms with Crippen LogP contribution in [0.25, 0.3) is 11.0 Å². The smallest absolute Gasteiger partial charge is 0.219 e. The number of aromatic amines is 1. The third kappa shape index (κ3) is 2.84. The van der Waals surface area contributed by atoms with Crippen LogP contribution in [0, 0.1) is 11.3 Å². The number of carbonyl (C=O) groups excluding carboxylic acids is 1. The maximum absolute atomic E-state index is 12.1. The average Bonchev–Trinajstić information content (AvgIpc) is 3.39. The lowest BCUT2D eigenvalue weighted by molar-refractivity contribution is -0.128. The highest BCUT2D eigenvalue weighted by Gasteiger charge is 2.53. The number of anilines is 1. The molecule has 5 rings (SSSR count). The van der Waals surface area contributed by atoms with E-state index in [4.69, 9.17) is 0 Å². The van der Waals surface area contributed by atoms with E-state index < -0.39 is 0 Å². The minimum atomic E-state index is 0.120. The molecule has 144 valence electrons. The van der Waals surface area contributed by atoms with Gasteiger partial charge < -0.3 is 14.8 Å². The van der Waals surface area contributed by atoms with Gasteiger partial charge in [-0.15, -0.1) is 0 Å². The summed E-state index contributed by atoms with van der Waals surface area (Å²) in [6.45, 7) is 5.26. The Morgan fingerprint density at radius 2 is 2.04 bits per heavy atom. The Morgan fingerprint density at radius 3 is 2.86 bits per heavy atom. The Bertz CT molecular complexity index is 1000. The maximum atomic E-state index is 12.1. The van der Waals surface area contributed by atoms with Crippen LogP contribution >= 0.6 is 0 Å². The zero-order valence-corrected chi connectivity index (χ0v) is 16.1. The number of benzene rings is 1. The summed E-state index contributed by atoms with van der Waals surface area (Å²) in [6, 6.07) is 12.7. The number of aromatic nitrogens is 3. The van der Waals surface area contributed by atoms with Crippen LogP contribution in [0.4, 0.5) is 5.82 Å². The van der Waals surface area contributed by atoms with Gasteiger partial charge in [0, 0.05) is 50.6 Å². The fourth-order valence-electron chi connectivity index (χ4n) is 5.09. The van der Waals surface area contributed by atoms with Gasteiger partial charge in [-0.1, -0.05) is 30.3 Å². The molecule has 2 aliphatic heterocycles. The molecule has 0 aliphatic carbocycles. The standard InChI is InChI=1S/C22H25N5O/c1-16(28)26-11-18-12-27(21-19-8-10-23-20(19)24-15-25-21)14-22(18,13-26)9-7-17-5-3-2-4-6-17/h2-6,8,10,15,18H,7,9,11-14H2,1H3,(H,23,24,25). The van der Waals surface area contributed by atoms with Crippen molar-refractivity contribution in [3.8, 4) is 0 Å². The molecule has 0 saturated carbocycles. The van der Waals surface area contributed by atoms with E-state index in [9.17, 15) is 4.79 Å². The molecule has 1 aromatic carbocycles. The Kier molecular flexibility index (Phi) is 4.07. The van der Waals surface area contributed by atoms with Gasteiger partial charge in [0.25, 0.3) is 0 Å². The zero-order valence-electron chi connectivity index (χ0n) is 16.1. The first-order chi connectivity index (χ1) is 13.6. The van der Waals surface area contributed by atoms with E-state index in [0.29, 0.717) is 5.92 Å². The van der Waals surface area contributed by atoms with E-state index >= 15 is 0 Å². The lowest BCUT2D eigenvalue weighted by Crippen LogP contribution is -2.36. The van der Waals surface area contributed by atoms with Gasteiger partial charge in [0.2, 0.25) is 5.91 Å². The molecular weight excluding hydrogens is 350 g/mol. The van der Waals surface area contributed by atoms with Gasteiger partial charge in [-0.2, -0.15) is 0 Å². The molecule has 2 fully saturated rings. The SMILES string of the molecule is CC(=O)N1CC2CN(c3ncnc4[nH]ccc34)CC2(CCc2ccccc2)C1. The second kappa shape index (κ2) is 6.62. The molecule has 6 nitrogen and oxygen atoms in total. The predicted molar refractivity (Wildman–Crippen MR) is 109 cm³/mol. The fourth-order valence-corrected chi connectivity index (χ4v) is 5.09. The van der Waals surface area contributed by atoms with E-state index in [1.165, 1.54) is 5.56 Å². The van der Waals surface area contributed by atoms with Crippen molar-refractivity contribution in [2.24, 2.45) is 11.3 Å². The topological polar surface area (TPSA) is 65.1 Å². The van der Waals surface area contributed by atoms with E-state index in [1.807, 2.05) is 11.1 Å². The molecule has 1 amide bonds. The minimum absolute atomic E-state index is 0.120. The van der Waals surface area contributed by atoms with Crippen LogP contribution in [0.1, 0.15) is 18.9 Å². The molecule has 2 saturated heterocycles. The number of likely N-dealkylation sites (tertiary alicyclic amines) is 1. The van der Waals surface area contributed by atoms with Crippen LogP contribution in [0.5, 0.6) is 0 Å². The summed E-state index contributed by atoms with van der Waals surface area (Å²) in [5.41, 5.74) is 2.37. The van der Waals surface area contributed by atoms with Crippen LogP contribution < -0.4 is 4.90 Å². The molecule has 28 heavy (non-hydrogen) atoms. The van der Waals surface area contributed by atoms with Crippen molar-refractivity contribution in [2.45, 2.75) is 19.8 Å². The number of hydrogen-bond donors (Lipinski definition) is 1. The lowest BCUT2D eigenvalue weighted by Gasteiger charge is -2.29. The summed E-state index contributed by atoms with van der Waals surface area (Å²) in [7, 11) is 0. The first-order valence-corrected chi connectivity index (χ1v) is 9.97. The number of amides is 1. The number of carbonyl (C=O) groups is 1. The summed E-state index contributed by atoms with van der Waals surface area (Å²) < 4.78 is 0. The average molecular weight is 375 g/mol. The van der Waals surface area contributed by atoms with Crippen LogP contribution in [0.2, 0.25) is 0 Å². The molecule has 4 heterocycles. The molecular formula is C22H25N5O. The van der Waals surface area contributed by atoms with Crippen LogP contribution in [-0.4, -0.2) is 51.9 Å². The largest absolute Gasteiger partial charge is 0.355 e. The van der Waals surface area contributed by atoms with E-state index in [0.717, 1.165) is 55.9 Å². The zero-order chi connectivity index (χ0) is 19.1. The van der Waals surface area contributed by atoms with Crippen molar-refractivity contribution in [1.29, 1.82) is 0 Å². The van der Waals surface area contributed by atoms with Crippen LogP contribution in [-0.2, 0) is 11.2 Å². The number of fused-ring (bicyclic) bond motifs is 2. The molecule has 2 aromatic heterocycles. The van der Waals surface area contributed by atoms with Gasteiger partial charge in [-0.05, 0) is 24.5 Å². The lowest BCUT2D eigenvalue weighted by atomic mass is 9.76. The summed E-state index contributed by atoms with van der Waals surface area (Å²) in [5, 5.41) is 1.07. The molecule has 2 aliphatic rings. The summed E-state index contributed by atoms with van der Waals surface area (Å²) in [5.74, 6) is 1.67. The van der Waals surface area contributed by atoms with Crippen molar-refractivity contribution in [3.05, 3.63) is 54.5 Å². The fraction of sp³-hybridized carbons (Fsp3) is 0.409. The monoisotopic (exact) mass is 375 g/mol. The maximum Gasteiger partial charge on any atom is 0.219 e. The van der Waals surface area contributed by atoms with Crippen molar-refractivity contribution in [2.75, 3.05) is 31.1 Å². The molecule has 0 radical (unpaired) electrons. The number of hydrogen-bond acceptors (Lipinski definition) is 4. The van der Waals surface area contributed by atoms with Crippen molar-refractivity contribution in [1.82, 2.24) is 19.9 Å². The molecule has 2 atom stereocenters. The summed E-state index contributed by atoms with van der Waals surface area (Å²) in [6.07, 6.45) is 5.69. The van der Waals surface area contributed by atoms with E-state index in [2.05, 4.69) is 56.3 Å². The first kappa shape index (κ1) is 17.2. The van der Waals surface area contributed by atoms with Gasteiger partial charge in [-0.25, -0.2) is 9.97 Å². The predicted octanol–water partition coefficient (Wildman–Crippen LogP) is 2.88. The second-order valence-corrected chi connectivity index (χ2v) is 8.26. The minimum Gasteiger partial charge on any atom is -0.355 e. The van der Waals surface area contributed by atoms with E-state index in [1.54, 1.807) is 13.3 Å².